The number of likely N-dealkylation sites (N-methyl/N-ethyl adjacent to an activating group) is 1. The fraction of sp³-hybridized carbons (Fsp3) is 0.750. The minimum absolute atomic E-state index is 0.217. The highest BCUT2D eigenvalue weighted by molar-refractivity contribution is 6.04. The summed E-state index contributed by atoms with van der Waals surface area (Å²) in [5.41, 5.74) is -1.32. The molecule has 0 radical (unpaired) electrons. The van der Waals surface area contributed by atoms with Crippen molar-refractivity contribution in [1.82, 2.24) is 10.2 Å². The summed E-state index contributed by atoms with van der Waals surface area (Å²) in [5, 5.41) is 11.6. The van der Waals surface area contributed by atoms with E-state index in [9.17, 15) is 14.4 Å². The monoisotopic (exact) mass is 256 g/mol. The number of amides is 2. The smallest absolute Gasteiger partial charge is 0.319 e. The maximum Gasteiger partial charge on any atom is 0.319 e. The molecule has 0 aromatic heterocycles. The third-order valence-electron chi connectivity index (χ3n) is 3.62. The van der Waals surface area contributed by atoms with Gasteiger partial charge in [0.05, 0.1) is 0 Å². The van der Waals surface area contributed by atoms with Crippen molar-refractivity contribution in [3.05, 3.63) is 0 Å². The molecule has 0 saturated heterocycles. The van der Waals surface area contributed by atoms with E-state index < -0.39 is 23.3 Å². The van der Waals surface area contributed by atoms with E-state index >= 15 is 0 Å². The standard InChI is InChI=1S/C12H20N2O4/c1-4-14(3)9(15)8(2)13-10(16)12(11(17)18)6-5-7-12/h8H,4-7H2,1-3H3,(H,13,16)(H,17,18). The fourth-order valence-electron chi connectivity index (χ4n) is 1.95. The number of rotatable bonds is 5. The first-order chi connectivity index (χ1) is 8.35. The highest BCUT2D eigenvalue weighted by atomic mass is 16.4. The lowest BCUT2D eigenvalue weighted by Gasteiger charge is -2.36. The van der Waals surface area contributed by atoms with Crippen LogP contribution in [0.1, 0.15) is 33.1 Å². The van der Waals surface area contributed by atoms with Crippen molar-refractivity contribution in [2.24, 2.45) is 5.41 Å². The molecule has 18 heavy (non-hydrogen) atoms. The molecule has 1 aliphatic carbocycles. The predicted molar refractivity (Wildman–Crippen MR) is 64.8 cm³/mol. The zero-order valence-corrected chi connectivity index (χ0v) is 11.0. The lowest BCUT2D eigenvalue weighted by molar-refractivity contribution is -0.163. The van der Waals surface area contributed by atoms with Crippen LogP contribution in [0.5, 0.6) is 0 Å². The SMILES string of the molecule is CCN(C)C(=O)C(C)NC(=O)C1(C(=O)O)CCC1. The molecule has 1 unspecified atom stereocenters. The van der Waals surface area contributed by atoms with Crippen LogP contribution in [-0.2, 0) is 14.4 Å². The van der Waals surface area contributed by atoms with Gasteiger partial charge in [0.15, 0.2) is 0 Å². The molecule has 0 heterocycles. The summed E-state index contributed by atoms with van der Waals surface area (Å²) in [6.07, 6.45) is 1.42. The summed E-state index contributed by atoms with van der Waals surface area (Å²) in [6, 6.07) is -0.695. The molecule has 0 bridgehead atoms. The van der Waals surface area contributed by atoms with Gasteiger partial charge in [-0.15, -0.1) is 0 Å². The highest BCUT2D eigenvalue weighted by Crippen LogP contribution is 2.41. The zero-order chi connectivity index (χ0) is 13.9. The van der Waals surface area contributed by atoms with E-state index in [2.05, 4.69) is 5.32 Å². The fourth-order valence-corrected chi connectivity index (χ4v) is 1.95. The van der Waals surface area contributed by atoms with Crippen LogP contribution in [0.3, 0.4) is 0 Å². The number of nitrogens with zero attached hydrogens (tertiary/aromatic N) is 1. The van der Waals surface area contributed by atoms with Gasteiger partial charge in [-0.25, -0.2) is 0 Å². The molecule has 1 fully saturated rings. The van der Waals surface area contributed by atoms with Crippen molar-refractivity contribution in [2.45, 2.75) is 39.2 Å². The maximum absolute atomic E-state index is 12.0. The molecule has 0 aromatic carbocycles. The molecule has 0 aliphatic heterocycles. The molecule has 2 N–H and O–H groups in total. The molecule has 0 spiro atoms. The Morgan fingerprint density at radius 1 is 1.39 bits per heavy atom. The molecule has 1 saturated carbocycles. The molecule has 6 heteroatoms. The number of hydrogen-bond donors (Lipinski definition) is 2. The van der Waals surface area contributed by atoms with Crippen LogP contribution in [0.15, 0.2) is 0 Å². The van der Waals surface area contributed by atoms with E-state index in [4.69, 9.17) is 5.11 Å². The van der Waals surface area contributed by atoms with Crippen LogP contribution in [-0.4, -0.2) is 47.4 Å². The lowest BCUT2D eigenvalue weighted by Crippen LogP contribution is -2.55. The van der Waals surface area contributed by atoms with Gasteiger partial charge in [0.1, 0.15) is 11.5 Å². The number of carbonyl (C=O) groups is 3. The third kappa shape index (κ3) is 2.47. The summed E-state index contributed by atoms with van der Waals surface area (Å²) < 4.78 is 0. The van der Waals surface area contributed by atoms with E-state index in [0.29, 0.717) is 19.4 Å². The zero-order valence-electron chi connectivity index (χ0n) is 11.0. The predicted octanol–water partition coefficient (Wildman–Crippen LogP) is 0.224. The minimum Gasteiger partial charge on any atom is -0.480 e. The van der Waals surface area contributed by atoms with Crippen molar-refractivity contribution in [1.29, 1.82) is 0 Å². The Kier molecular flexibility index (Phi) is 4.32. The van der Waals surface area contributed by atoms with Gasteiger partial charge in [0.2, 0.25) is 11.8 Å². The average molecular weight is 256 g/mol. The van der Waals surface area contributed by atoms with Gasteiger partial charge in [0.25, 0.3) is 0 Å². The average Bonchev–Trinajstić information content (AvgIpc) is 2.24. The van der Waals surface area contributed by atoms with Crippen molar-refractivity contribution in [2.75, 3.05) is 13.6 Å². The van der Waals surface area contributed by atoms with E-state index in [-0.39, 0.29) is 5.91 Å². The first-order valence-electron chi connectivity index (χ1n) is 6.14. The van der Waals surface area contributed by atoms with Gasteiger partial charge >= 0.3 is 5.97 Å². The number of carboxylic acid groups (broad SMARTS) is 1. The summed E-state index contributed by atoms with van der Waals surface area (Å²) in [5.74, 6) is -1.87. The molecule has 1 atom stereocenters. The van der Waals surface area contributed by atoms with Crippen LogP contribution in [0.4, 0.5) is 0 Å². The van der Waals surface area contributed by atoms with Gasteiger partial charge in [-0.05, 0) is 26.7 Å². The summed E-state index contributed by atoms with van der Waals surface area (Å²) in [7, 11) is 1.64. The molecule has 2 amide bonds. The Balaban J connectivity index is 2.65. The Labute approximate surface area is 106 Å². The molecular weight excluding hydrogens is 236 g/mol. The summed E-state index contributed by atoms with van der Waals surface area (Å²) >= 11 is 0. The Morgan fingerprint density at radius 3 is 2.28 bits per heavy atom. The second kappa shape index (κ2) is 5.37. The molecule has 0 aromatic rings. The van der Waals surface area contributed by atoms with Crippen LogP contribution in [0.2, 0.25) is 0 Å². The molecule has 6 nitrogen and oxygen atoms in total. The van der Waals surface area contributed by atoms with Crippen molar-refractivity contribution < 1.29 is 19.5 Å². The van der Waals surface area contributed by atoms with E-state index in [1.807, 2.05) is 6.92 Å². The number of nitrogens with one attached hydrogen (secondary N) is 1. The number of aliphatic carboxylic acids is 1. The highest BCUT2D eigenvalue weighted by Gasteiger charge is 2.51. The van der Waals surface area contributed by atoms with Crippen molar-refractivity contribution in [3.63, 3.8) is 0 Å². The van der Waals surface area contributed by atoms with Gasteiger partial charge in [-0.1, -0.05) is 6.42 Å². The van der Waals surface area contributed by atoms with E-state index in [0.717, 1.165) is 6.42 Å². The van der Waals surface area contributed by atoms with Crippen LogP contribution < -0.4 is 5.32 Å². The largest absolute Gasteiger partial charge is 0.480 e. The van der Waals surface area contributed by atoms with Gasteiger partial charge < -0.3 is 15.3 Å². The Hall–Kier alpha value is -1.59. The second-order valence-electron chi connectivity index (χ2n) is 4.79. The normalized spacial score (nSPS) is 18.4. The topological polar surface area (TPSA) is 86.7 Å². The minimum atomic E-state index is -1.32. The summed E-state index contributed by atoms with van der Waals surface area (Å²) in [6.45, 7) is 3.95. The maximum atomic E-state index is 12.0. The third-order valence-corrected chi connectivity index (χ3v) is 3.62. The van der Waals surface area contributed by atoms with Crippen molar-refractivity contribution in [3.8, 4) is 0 Å². The van der Waals surface area contributed by atoms with Crippen LogP contribution in [0.25, 0.3) is 0 Å². The number of carbonyl (C=O) groups excluding carboxylic acids is 2. The first kappa shape index (κ1) is 14.5. The molecule has 1 rings (SSSR count). The quantitative estimate of drug-likeness (QED) is 0.689. The Bertz CT molecular complexity index is 363. The lowest BCUT2D eigenvalue weighted by atomic mass is 9.68. The van der Waals surface area contributed by atoms with Crippen molar-refractivity contribution >= 4 is 17.8 Å². The van der Waals surface area contributed by atoms with E-state index in [1.54, 1.807) is 14.0 Å². The van der Waals surface area contributed by atoms with E-state index in [1.165, 1.54) is 4.90 Å². The summed E-state index contributed by atoms with van der Waals surface area (Å²) in [4.78, 5) is 36.3. The van der Waals surface area contributed by atoms with Crippen LogP contribution in [0, 0.1) is 5.41 Å². The number of hydrogen-bond acceptors (Lipinski definition) is 3. The molecule has 102 valence electrons. The van der Waals surface area contributed by atoms with Crippen LogP contribution >= 0.6 is 0 Å². The Morgan fingerprint density at radius 2 is 1.94 bits per heavy atom. The second-order valence-corrected chi connectivity index (χ2v) is 4.79. The first-order valence-corrected chi connectivity index (χ1v) is 6.14. The van der Waals surface area contributed by atoms with Gasteiger partial charge in [-0.2, -0.15) is 0 Å². The van der Waals surface area contributed by atoms with Gasteiger partial charge in [0, 0.05) is 13.6 Å². The molecule has 1 aliphatic rings. The molecular formula is C12H20N2O4. The van der Waals surface area contributed by atoms with Gasteiger partial charge in [-0.3, -0.25) is 14.4 Å². The number of carboxylic acids is 1.